The first-order valence-electron chi connectivity index (χ1n) is 12.8. The highest BCUT2D eigenvalue weighted by molar-refractivity contribution is 5.84. The lowest BCUT2D eigenvalue weighted by Gasteiger charge is -2.28. The number of hydrogen-bond donors (Lipinski definition) is 3. The Kier molecular flexibility index (Phi) is 8.10. The molecule has 0 saturated heterocycles. The summed E-state index contributed by atoms with van der Waals surface area (Å²) in [6.45, 7) is 13.8. The van der Waals surface area contributed by atoms with Crippen LogP contribution in [0.3, 0.4) is 0 Å². The van der Waals surface area contributed by atoms with Crippen LogP contribution in [0, 0.1) is 6.92 Å². The monoisotopic (exact) mass is 451 g/mol. The maximum Gasteiger partial charge on any atom is 0.0739 e. The van der Waals surface area contributed by atoms with Crippen molar-refractivity contribution in [2.75, 3.05) is 44.6 Å². The van der Waals surface area contributed by atoms with Crippen LogP contribution < -0.4 is 10.6 Å². The van der Waals surface area contributed by atoms with Crippen molar-refractivity contribution in [1.82, 2.24) is 20.0 Å². The molecule has 3 N–H and O–H groups in total. The van der Waals surface area contributed by atoms with Gasteiger partial charge >= 0.3 is 0 Å². The summed E-state index contributed by atoms with van der Waals surface area (Å²) in [5, 5.41) is 21.0. The minimum Gasteiger partial charge on any atom is -0.396 e. The first-order chi connectivity index (χ1) is 16.1. The summed E-state index contributed by atoms with van der Waals surface area (Å²) >= 11 is 0. The molecule has 2 aliphatic rings. The maximum absolute atomic E-state index is 9.01. The van der Waals surface area contributed by atoms with Crippen LogP contribution in [0.15, 0.2) is 24.9 Å². The van der Waals surface area contributed by atoms with E-state index in [1.54, 1.807) is 0 Å². The summed E-state index contributed by atoms with van der Waals surface area (Å²) in [5.74, 6) is 0. The molecule has 0 amide bonds. The number of fused-ring (bicyclic) bond motifs is 3. The average Bonchev–Trinajstić information content (AvgIpc) is 3.45. The van der Waals surface area contributed by atoms with E-state index in [4.69, 9.17) is 10.2 Å². The van der Waals surface area contributed by atoms with Gasteiger partial charge in [0.1, 0.15) is 0 Å². The predicted molar refractivity (Wildman–Crippen MR) is 138 cm³/mol. The van der Waals surface area contributed by atoms with E-state index in [0.29, 0.717) is 6.04 Å². The summed E-state index contributed by atoms with van der Waals surface area (Å²) < 4.78 is 2.32. The van der Waals surface area contributed by atoms with Gasteiger partial charge in [0.2, 0.25) is 0 Å². The predicted octanol–water partition coefficient (Wildman–Crippen LogP) is 4.60. The third-order valence-electron chi connectivity index (χ3n) is 7.13. The molecular weight excluding hydrogens is 410 g/mol. The second-order valence-electron chi connectivity index (χ2n) is 9.55. The minimum atomic E-state index is 0.236. The van der Waals surface area contributed by atoms with Crippen LogP contribution in [0.1, 0.15) is 68.2 Å². The number of nitrogens with one attached hydrogen (secondary N) is 2. The van der Waals surface area contributed by atoms with E-state index in [1.807, 2.05) is 0 Å². The first-order valence-corrected chi connectivity index (χ1v) is 12.8. The SMILES string of the molecule is C=C(c1cc2c(cc1C)NCCc1cnn(C3CCCC3)c1-2)N(CCC)CCNCCCO. The van der Waals surface area contributed by atoms with E-state index in [1.165, 1.54) is 59.3 Å². The Labute approximate surface area is 199 Å². The molecule has 1 aromatic carbocycles. The maximum atomic E-state index is 9.01. The second kappa shape index (κ2) is 11.2. The molecule has 1 fully saturated rings. The lowest BCUT2D eigenvalue weighted by Crippen LogP contribution is -2.32. The van der Waals surface area contributed by atoms with Crippen LogP contribution in [0.4, 0.5) is 5.69 Å². The van der Waals surface area contributed by atoms with E-state index in [2.05, 4.69) is 59.0 Å². The minimum absolute atomic E-state index is 0.236. The zero-order valence-corrected chi connectivity index (χ0v) is 20.5. The number of hydrogen-bond acceptors (Lipinski definition) is 5. The zero-order valence-electron chi connectivity index (χ0n) is 20.5. The molecule has 2 heterocycles. The summed E-state index contributed by atoms with van der Waals surface area (Å²) in [5.41, 5.74) is 8.73. The number of anilines is 1. The number of aliphatic hydroxyl groups is 1. The van der Waals surface area contributed by atoms with Crippen molar-refractivity contribution in [1.29, 1.82) is 0 Å². The van der Waals surface area contributed by atoms with Gasteiger partial charge in [0, 0.05) is 55.3 Å². The second-order valence-corrected chi connectivity index (χ2v) is 9.55. The molecule has 6 nitrogen and oxygen atoms in total. The van der Waals surface area contributed by atoms with Gasteiger partial charge in [0.25, 0.3) is 0 Å². The van der Waals surface area contributed by atoms with Gasteiger partial charge in [0.05, 0.1) is 17.9 Å². The number of rotatable bonds is 11. The van der Waals surface area contributed by atoms with Crippen molar-refractivity contribution < 1.29 is 5.11 Å². The molecule has 0 radical (unpaired) electrons. The highest BCUT2D eigenvalue weighted by Crippen LogP contribution is 2.41. The fourth-order valence-electron chi connectivity index (χ4n) is 5.36. The normalized spacial score (nSPS) is 15.6. The molecule has 1 aliphatic heterocycles. The Morgan fingerprint density at radius 2 is 2.09 bits per heavy atom. The molecule has 2 aromatic rings. The Hall–Kier alpha value is -2.31. The average molecular weight is 452 g/mol. The van der Waals surface area contributed by atoms with Crippen LogP contribution >= 0.6 is 0 Å². The lowest BCUT2D eigenvalue weighted by atomic mass is 9.96. The van der Waals surface area contributed by atoms with Crippen LogP contribution in [0.2, 0.25) is 0 Å². The highest BCUT2D eigenvalue weighted by Gasteiger charge is 2.27. The van der Waals surface area contributed by atoms with Crippen LogP contribution in [-0.2, 0) is 6.42 Å². The molecule has 4 rings (SSSR count). The van der Waals surface area contributed by atoms with Gasteiger partial charge in [0.15, 0.2) is 0 Å². The molecule has 1 aliphatic carbocycles. The van der Waals surface area contributed by atoms with Crippen LogP contribution in [-0.4, -0.2) is 59.1 Å². The van der Waals surface area contributed by atoms with Crippen molar-refractivity contribution >= 4 is 11.4 Å². The van der Waals surface area contributed by atoms with Gasteiger partial charge in [-0.3, -0.25) is 4.68 Å². The quantitative estimate of drug-likeness (QED) is 0.436. The number of benzene rings is 1. The fraction of sp³-hybridized carbons (Fsp3) is 0.593. The lowest BCUT2D eigenvalue weighted by molar-refractivity contribution is 0.284. The third-order valence-corrected chi connectivity index (χ3v) is 7.13. The van der Waals surface area contributed by atoms with Gasteiger partial charge in [-0.15, -0.1) is 0 Å². The van der Waals surface area contributed by atoms with Gasteiger partial charge in [-0.1, -0.05) is 26.3 Å². The van der Waals surface area contributed by atoms with Crippen molar-refractivity contribution in [3.63, 3.8) is 0 Å². The molecule has 0 atom stereocenters. The number of aryl methyl sites for hydroxylation is 1. The molecule has 6 heteroatoms. The summed E-state index contributed by atoms with van der Waals surface area (Å²) in [6, 6.07) is 5.19. The van der Waals surface area contributed by atoms with E-state index >= 15 is 0 Å². The Bertz CT molecular complexity index is 944. The van der Waals surface area contributed by atoms with Crippen LogP contribution in [0.5, 0.6) is 0 Å². The molecular formula is C27H41N5O. The largest absolute Gasteiger partial charge is 0.396 e. The van der Waals surface area contributed by atoms with Crippen molar-refractivity contribution in [2.45, 2.75) is 64.8 Å². The third kappa shape index (κ3) is 5.28. The van der Waals surface area contributed by atoms with E-state index in [0.717, 1.165) is 57.7 Å². The summed E-state index contributed by atoms with van der Waals surface area (Å²) in [7, 11) is 0. The van der Waals surface area contributed by atoms with Crippen molar-refractivity contribution in [3.8, 4) is 11.3 Å². The zero-order chi connectivity index (χ0) is 23.2. The molecule has 33 heavy (non-hydrogen) atoms. The Morgan fingerprint density at radius 1 is 1.27 bits per heavy atom. The number of nitrogens with zero attached hydrogens (tertiary/aromatic N) is 3. The van der Waals surface area contributed by atoms with Gasteiger partial charge in [-0.05, 0) is 68.8 Å². The van der Waals surface area contributed by atoms with E-state index in [9.17, 15) is 0 Å². The van der Waals surface area contributed by atoms with E-state index < -0.39 is 0 Å². The summed E-state index contributed by atoms with van der Waals surface area (Å²) in [6.07, 6.45) is 10.1. The molecule has 0 unspecified atom stereocenters. The molecule has 1 saturated carbocycles. The molecule has 180 valence electrons. The Morgan fingerprint density at radius 3 is 2.85 bits per heavy atom. The Balaban J connectivity index is 1.64. The fourth-order valence-corrected chi connectivity index (χ4v) is 5.36. The molecule has 0 spiro atoms. The molecule has 1 aromatic heterocycles. The van der Waals surface area contributed by atoms with Crippen molar-refractivity contribution in [2.24, 2.45) is 0 Å². The highest BCUT2D eigenvalue weighted by atomic mass is 16.3. The summed E-state index contributed by atoms with van der Waals surface area (Å²) in [4.78, 5) is 2.40. The topological polar surface area (TPSA) is 65.4 Å². The standard InChI is InChI=1S/C27H41N5O/c1-4-14-31(15-13-28-11-7-16-33)21(3)24-18-25-26(17-20(24)2)29-12-10-22-19-30-32(27(22)25)23-8-5-6-9-23/h17-19,23,28-29,33H,3-16H2,1-2H3. The molecule has 0 bridgehead atoms. The van der Waals surface area contributed by atoms with Crippen molar-refractivity contribution in [3.05, 3.63) is 41.6 Å². The smallest absolute Gasteiger partial charge is 0.0739 e. The van der Waals surface area contributed by atoms with Gasteiger partial charge in [-0.25, -0.2) is 0 Å². The number of aromatic nitrogens is 2. The van der Waals surface area contributed by atoms with Crippen LogP contribution in [0.25, 0.3) is 17.0 Å². The number of aliphatic hydroxyl groups excluding tert-OH is 1. The van der Waals surface area contributed by atoms with E-state index in [-0.39, 0.29) is 6.61 Å². The van der Waals surface area contributed by atoms with Gasteiger partial charge in [-0.2, -0.15) is 5.10 Å². The first kappa shape index (κ1) is 23.8. The van der Waals surface area contributed by atoms with Gasteiger partial charge < -0.3 is 20.6 Å².